The number of halogens is 2. The van der Waals surface area contributed by atoms with Crippen LogP contribution in [0.2, 0.25) is 0 Å². The van der Waals surface area contributed by atoms with Crippen molar-refractivity contribution in [3.8, 4) is 11.3 Å². The van der Waals surface area contributed by atoms with E-state index in [4.69, 9.17) is 5.11 Å². The summed E-state index contributed by atoms with van der Waals surface area (Å²) < 4.78 is 30.8. The third-order valence-corrected chi connectivity index (χ3v) is 5.86. The number of aliphatic hydroxyl groups is 1. The van der Waals surface area contributed by atoms with Crippen LogP contribution in [0, 0.1) is 11.6 Å². The molecule has 0 atom stereocenters. The lowest BCUT2D eigenvalue weighted by Gasteiger charge is -2.13. The van der Waals surface area contributed by atoms with Crippen LogP contribution in [-0.4, -0.2) is 38.5 Å². The molecule has 0 bridgehead atoms. The van der Waals surface area contributed by atoms with E-state index in [0.717, 1.165) is 5.56 Å². The Morgan fingerprint density at radius 2 is 1.86 bits per heavy atom. The number of benzene rings is 2. The van der Waals surface area contributed by atoms with Gasteiger partial charge < -0.3 is 15.7 Å². The molecular weight excluding hydrogens is 452 g/mol. The number of amides is 1. The van der Waals surface area contributed by atoms with Gasteiger partial charge in [-0.2, -0.15) is 0 Å². The Bertz CT molecular complexity index is 1370. The summed E-state index contributed by atoms with van der Waals surface area (Å²) in [6, 6.07) is 8.52. The molecule has 0 radical (unpaired) electrons. The average Bonchev–Trinajstić information content (AvgIpc) is 3.30. The van der Waals surface area contributed by atoms with Crippen molar-refractivity contribution in [2.45, 2.75) is 33.1 Å². The van der Waals surface area contributed by atoms with E-state index in [2.05, 4.69) is 20.6 Å². The maximum absolute atomic E-state index is 14.8. The van der Waals surface area contributed by atoms with Gasteiger partial charge in [0.2, 0.25) is 0 Å². The van der Waals surface area contributed by atoms with Crippen LogP contribution < -0.4 is 10.6 Å². The van der Waals surface area contributed by atoms with Crippen molar-refractivity contribution in [2.75, 3.05) is 18.5 Å². The van der Waals surface area contributed by atoms with Gasteiger partial charge in [-0.25, -0.2) is 18.7 Å². The molecule has 2 heterocycles. The molecule has 0 aliphatic heterocycles. The van der Waals surface area contributed by atoms with Crippen LogP contribution in [0.4, 0.5) is 20.3 Å². The van der Waals surface area contributed by atoms with E-state index in [1.807, 2.05) is 13.0 Å². The third kappa shape index (κ3) is 4.85. The molecule has 4 aromatic rings. The molecule has 0 saturated heterocycles. The van der Waals surface area contributed by atoms with Crippen molar-refractivity contribution in [3.05, 3.63) is 77.2 Å². The van der Waals surface area contributed by atoms with Gasteiger partial charge in [0.05, 0.1) is 11.9 Å². The quantitative estimate of drug-likeness (QED) is 0.304. The van der Waals surface area contributed by atoms with Crippen molar-refractivity contribution in [1.29, 1.82) is 0 Å². The molecule has 3 N–H and O–H groups in total. The van der Waals surface area contributed by atoms with E-state index in [-0.39, 0.29) is 18.1 Å². The van der Waals surface area contributed by atoms with E-state index in [1.165, 1.54) is 6.20 Å². The Morgan fingerprint density at radius 3 is 2.60 bits per heavy atom. The zero-order valence-electron chi connectivity index (χ0n) is 19.6. The summed E-state index contributed by atoms with van der Waals surface area (Å²) in [6.45, 7) is 4.15. The first-order chi connectivity index (χ1) is 17.0. The number of rotatable bonds is 9. The Balaban J connectivity index is 1.65. The molecule has 1 amide bonds. The number of hydrogen-bond acceptors (Lipinski definition) is 5. The molecule has 0 spiro atoms. The summed E-state index contributed by atoms with van der Waals surface area (Å²) >= 11 is 0. The predicted molar refractivity (Wildman–Crippen MR) is 131 cm³/mol. The molecule has 9 heteroatoms. The van der Waals surface area contributed by atoms with Crippen LogP contribution in [0.5, 0.6) is 0 Å². The lowest BCUT2D eigenvalue weighted by molar-refractivity contribution is 0.0950. The van der Waals surface area contributed by atoms with Crippen molar-refractivity contribution in [2.24, 2.45) is 0 Å². The highest BCUT2D eigenvalue weighted by Crippen LogP contribution is 2.30. The lowest BCUT2D eigenvalue weighted by Crippen LogP contribution is -2.26. The highest BCUT2D eigenvalue weighted by Gasteiger charge is 2.18. The summed E-state index contributed by atoms with van der Waals surface area (Å²) in [5, 5.41) is 14.9. The molecule has 7 nitrogen and oxygen atoms in total. The minimum absolute atomic E-state index is 0.0173. The van der Waals surface area contributed by atoms with E-state index in [0.29, 0.717) is 59.8 Å². The van der Waals surface area contributed by atoms with Gasteiger partial charge in [0.25, 0.3) is 5.91 Å². The topological polar surface area (TPSA) is 91.5 Å². The van der Waals surface area contributed by atoms with E-state index < -0.39 is 11.6 Å². The standard InChI is InChI=1S/C26H27F2N5O2/c1-3-16-6-8-20(23(28)22(16)27)21-15-31-25-24(29-11-12-33(21)25)32-18-7-9-19(17(4-2)14-18)26(35)30-10-5-13-34/h6-9,11-12,14-15,34H,3-5,10,13H2,1-2H3,(H,29,32)(H,30,35). The minimum Gasteiger partial charge on any atom is -0.396 e. The number of hydrogen-bond donors (Lipinski definition) is 3. The number of aromatic nitrogens is 3. The van der Waals surface area contributed by atoms with E-state index >= 15 is 0 Å². The van der Waals surface area contributed by atoms with E-state index in [9.17, 15) is 13.6 Å². The molecule has 0 saturated carbocycles. The largest absolute Gasteiger partial charge is 0.396 e. The number of fused-ring (bicyclic) bond motifs is 1. The molecule has 35 heavy (non-hydrogen) atoms. The van der Waals surface area contributed by atoms with Crippen LogP contribution in [-0.2, 0) is 12.8 Å². The highest BCUT2D eigenvalue weighted by atomic mass is 19.2. The van der Waals surface area contributed by atoms with Crippen LogP contribution >= 0.6 is 0 Å². The van der Waals surface area contributed by atoms with Crippen LogP contribution in [0.1, 0.15) is 41.8 Å². The van der Waals surface area contributed by atoms with Crippen molar-refractivity contribution < 1.29 is 18.7 Å². The Labute approximate surface area is 201 Å². The number of nitrogens with one attached hydrogen (secondary N) is 2. The SMILES string of the molecule is CCc1cc(Nc2nccn3c(-c4ccc(CC)c(F)c4F)cnc23)ccc1C(=O)NCCCO. The zero-order valence-corrected chi connectivity index (χ0v) is 19.6. The first-order valence-corrected chi connectivity index (χ1v) is 11.6. The Morgan fingerprint density at radius 1 is 1.06 bits per heavy atom. The average molecular weight is 480 g/mol. The van der Waals surface area contributed by atoms with Gasteiger partial charge in [-0.3, -0.25) is 9.20 Å². The molecule has 0 fully saturated rings. The number of carbonyl (C=O) groups is 1. The molecule has 0 aliphatic carbocycles. The van der Waals surface area contributed by atoms with Crippen molar-refractivity contribution in [1.82, 2.24) is 19.7 Å². The van der Waals surface area contributed by atoms with Crippen LogP contribution in [0.3, 0.4) is 0 Å². The first-order valence-electron chi connectivity index (χ1n) is 11.6. The maximum Gasteiger partial charge on any atom is 0.251 e. The van der Waals surface area contributed by atoms with Gasteiger partial charge in [0.15, 0.2) is 23.1 Å². The smallest absolute Gasteiger partial charge is 0.251 e. The fourth-order valence-corrected chi connectivity index (χ4v) is 3.97. The molecule has 0 unspecified atom stereocenters. The van der Waals surface area contributed by atoms with Crippen LogP contribution in [0.15, 0.2) is 48.9 Å². The molecule has 4 rings (SSSR count). The monoisotopic (exact) mass is 479 g/mol. The lowest BCUT2D eigenvalue weighted by atomic mass is 10.0. The van der Waals surface area contributed by atoms with Crippen molar-refractivity contribution >= 4 is 23.1 Å². The summed E-state index contributed by atoms with van der Waals surface area (Å²) in [7, 11) is 0. The number of anilines is 2. The summed E-state index contributed by atoms with van der Waals surface area (Å²) in [6.07, 6.45) is 6.22. The van der Waals surface area contributed by atoms with Crippen molar-refractivity contribution in [3.63, 3.8) is 0 Å². The van der Waals surface area contributed by atoms with Gasteiger partial charge >= 0.3 is 0 Å². The Kier molecular flexibility index (Phi) is 7.36. The first kappa shape index (κ1) is 24.3. The predicted octanol–water partition coefficient (Wildman–Crippen LogP) is 4.66. The van der Waals surface area contributed by atoms with Crippen LogP contribution in [0.25, 0.3) is 16.9 Å². The number of imidazole rings is 1. The minimum atomic E-state index is -0.905. The Hall–Kier alpha value is -3.85. The molecule has 2 aromatic heterocycles. The highest BCUT2D eigenvalue weighted by molar-refractivity contribution is 5.96. The van der Waals surface area contributed by atoms with Gasteiger partial charge in [0, 0.05) is 42.4 Å². The fraction of sp³-hybridized carbons (Fsp3) is 0.269. The second kappa shape index (κ2) is 10.6. The van der Waals surface area contributed by atoms with Gasteiger partial charge in [0.1, 0.15) is 0 Å². The number of nitrogens with zero attached hydrogens (tertiary/aromatic N) is 3. The number of carbonyl (C=O) groups excluding carboxylic acids is 1. The molecule has 2 aromatic carbocycles. The molecule has 182 valence electrons. The second-order valence-corrected chi connectivity index (χ2v) is 8.05. The second-order valence-electron chi connectivity index (χ2n) is 8.05. The summed E-state index contributed by atoms with van der Waals surface area (Å²) in [5.41, 5.74) is 3.43. The number of aliphatic hydroxyl groups excluding tert-OH is 1. The van der Waals surface area contributed by atoms with E-state index in [1.54, 1.807) is 48.0 Å². The van der Waals surface area contributed by atoms with Gasteiger partial charge in [-0.15, -0.1) is 0 Å². The number of aryl methyl sites for hydroxylation is 2. The zero-order chi connectivity index (χ0) is 24.9. The fourth-order valence-electron chi connectivity index (χ4n) is 3.97. The maximum atomic E-state index is 14.8. The van der Waals surface area contributed by atoms with Gasteiger partial charge in [-0.05, 0) is 54.7 Å². The van der Waals surface area contributed by atoms with Gasteiger partial charge in [-0.1, -0.05) is 19.9 Å². The normalized spacial score (nSPS) is 11.1. The third-order valence-electron chi connectivity index (χ3n) is 5.86. The molecule has 0 aliphatic rings. The summed E-state index contributed by atoms with van der Waals surface area (Å²) in [4.78, 5) is 21.2. The summed E-state index contributed by atoms with van der Waals surface area (Å²) in [5.74, 6) is -1.51. The molecular formula is C26H27F2N5O2.